The highest BCUT2D eigenvalue weighted by Crippen LogP contribution is 2.39. The maximum absolute atomic E-state index is 13.0. The Morgan fingerprint density at radius 2 is 1.70 bits per heavy atom. The number of amides is 1. The minimum Gasteiger partial charge on any atom is -0.493 e. The van der Waals surface area contributed by atoms with Gasteiger partial charge >= 0.3 is 0 Å². The van der Waals surface area contributed by atoms with E-state index in [1.807, 2.05) is 36.4 Å². The molecular weight excluding hydrogens is 384 g/mol. The summed E-state index contributed by atoms with van der Waals surface area (Å²) in [5.41, 5.74) is 1.82. The lowest BCUT2D eigenvalue weighted by atomic mass is 10.0. The molecule has 0 saturated carbocycles. The Labute approximate surface area is 177 Å². The molecule has 1 aliphatic rings. The van der Waals surface area contributed by atoms with Gasteiger partial charge in [-0.15, -0.1) is 0 Å². The maximum atomic E-state index is 13.0. The monoisotopic (exact) mass is 414 g/mol. The van der Waals surface area contributed by atoms with Crippen molar-refractivity contribution < 1.29 is 23.7 Å². The van der Waals surface area contributed by atoms with E-state index < -0.39 is 0 Å². The number of morpholine rings is 1. The fourth-order valence-electron chi connectivity index (χ4n) is 3.68. The fraction of sp³-hybridized carbons (Fsp3) is 0.435. The largest absolute Gasteiger partial charge is 0.493 e. The molecule has 3 rings (SSSR count). The molecule has 0 bridgehead atoms. The molecule has 0 aliphatic carbocycles. The van der Waals surface area contributed by atoms with Crippen LogP contribution in [0.1, 0.15) is 17.2 Å². The molecule has 162 valence electrons. The van der Waals surface area contributed by atoms with Crippen molar-refractivity contribution in [2.75, 3.05) is 54.2 Å². The molecule has 30 heavy (non-hydrogen) atoms. The Balaban J connectivity index is 1.76. The summed E-state index contributed by atoms with van der Waals surface area (Å²) in [7, 11) is 4.68. The van der Waals surface area contributed by atoms with Gasteiger partial charge in [-0.2, -0.15) is 0 Å². The molecule has 1 saturated heterocycles. The van der Waals surface area contributed by atoms with E-state index in [0.717, 1.165) is 44.0 Å². The highest BCUT2D eigenvalue weighted by atomic mass is 16.5. The molecule has 7 heteroatoms. The normalized spacial score (nSPS) is 15.3. The van der Waals surface area contributed by atoms with Gasteiger partial charge in [-0.3, -0.25) is 9.69 Å². The van der Waals surface area contributed by atoms with Crippen LogP contribution in [0.15, 0.2) is 42.5 Å². The van der Waals surface area contributed by atoms with Crippen molar-refractivity contribution in [3.63, 3.8) is 0 Å². The predicted molar refractivity (Wildman–Crippen MR) is 114 cm³/mol. The topological polar surface area (TPSA) is 69.3 Å². The van der Waals surface area contributed by atoms with Crippen LogP contribution in [0.4, 0.5) is 0 Å². The van der Waals surface area contributed by atoms with E-state index in [2.05, 4.69) is 10.2 Å². The number of carbonyl (C=O) groups is 1. The predicted octanol–water partition coefficient (Wildman–Crippen LogP) is 2.44. The Morgan fingerprint density at radius 3 is 2.33 bits per heavy atom. The molecule has 1 heterocycles. The molecule has 1 fully saturated rings. The molecule has 1 amide bonds. The quantitative estimate of drug-likeness (QED) is 0.680. The first kappa shape index (κ1) is 21.9. The van der Waals surface area contributed by atoms with Crippen LogP contribution < -0.4 is 19.5 Å². The second kappa shape index (κ2) is 10.8. The zero-order valence-electron chi connectivity index (χ0n) is 17.8. The smallest absolute Gasteiger partial charge is 0.225 e. The van der Waals surface area contributed by atoms with E-state index in [-0.39, 0.29) is 18.4 Å². The summed E-state index contributed by atoms with van der Waals surface area (Å²) in [6.07, 6.45) is 0.177. The van der Waals surface area contributed by atoms with Crippen LogP contribution >= 0.6 is 0 Å². The maximum Gasteiger partial charge on any atom is 0.225 e. The van der Waals surface area contributed by atoms with Crippen molar-refractivity contribution in [1.29, 1.82) is 0 Å². The first-order valence-corrected chi connectivity index (χ1v) is 10.1. The number of methoxy groups -OCH3 is 3. The van der Waals surface area contributed by atoms with Crippen LogP contribution in [-0.4, -0.2) is 65.0 Å². The minimum absolute atomic E-state index is 0.0809. The molecule has 2 aromatic carbocycles. The van der Waals surface area contributed by atoms with Gasteiger partial charge in [0.25, 0.3) is 0 Å². The van der Waals surface area contributed by atoms with E-state index in [1.54, 1.807) is 27.4 Å². The van der Waals surface area contributed by atoms with Crippen molar-refractivity contribution in [3.05, 3.63) is 53.6 Å². The lowest BCUT2D eigenvalue weighted by Gasteiger charge is -2.31. The highest BCUT2D eigenvalue weighted by Gasteiger charge is 2.22. The molecule has 1 N–H and O–H groups in total. The zero-order chi connectivity index (χ0) is 21.3. The van der Waals surface area contributed by atoms with Crippen LogP contribution in [0.2, 0.25) is 0 Å². The minimum atomic E-state index is -0.108. The van der Waals surface area contributed by atoms with Gasteiger partial charge in [0.15, 0.2) is 11.5 Å². The number of hydrogen-bond acceptors (Lipinski definition) is 6. The van der Waals surface area contributed by atoms with Gasteiger partial charge in [0.2, 0.25) is 11.7 Å². The van der Waals surface area contributed by atoms with E-state index in [9.17, 15) is 4.79 Å². The van der Waals surface area contributed by atoms with Gasteiger partial charge in [-0.25, -0.2) is 0 Å². The molecule has 0 radical (unpaired) electrons. The van der Waals surface area contributed by atoms with E-state index in [0.29, 0.717) is 17.2 Å². The third kappa shape index (κ3) is 5.43. The summed E-state index contributed by atoms with van der Waals surface area (Å²) in [5.74, 6) is 1.48. The second-order valence-electron chi connectivity index (χ2n) is 7.11. The number of ether oxygens (including phenoxy) is 4. The number of rotatable bonds is 9. The van der Waals surface area contributed by atoms with Crippen molar-refractivity contribution in [2.45, 2.75) is 12.5 Å². The Kier molecular flexibility index (Phi) is 7.93. The Morgan fingerprint density at radius 1 is 1.00 bits per heavy atom. The molecular formula is C23H30N2O5. The van der Waals surface area contributed by atoms with Gasteiger partial charge in [-0.1, -0.05) is 36.4 Å². The lowest BCUT2D eigenvalue weighted by Crippen LogP contribution is -2.43. The van der Waals surface area contributed by atoms with Gasteiger partial charge in [0.1, 0.15) is 0 Å². The fourth-order valence-corrected chi connectivity index (χ4v) is 3.68. The van der Waals surface area contributed by atoms with E-state index in [1.165, 1.54) is 0 Å². The summed E-state index contributed by atoms with van der Waals surface area (Å²) in [6.45, 7) is 3.91. The lowest BCUT2D eigenvalue weighted by molar-refractivity contribution is -0.121. The average Bonchev–Trinajstić information content (AvgIpc) is 2.79. The molecule has 1 atom stereocenters. The second-order valence-corrected chi connectivity index (χ2v) is 7.11. The van der Waals surface area contributed by atoms with Gasteiger partial charge < -0.3 is 24.3 Å². The zero-order valence-corrected chi connectivity index (χ0v) is 17.8. The van der Waals surface area contributed by atoms with Crippen LogP contribution in [0, 0.1) is 0 Å². The third-order valence-electron chi connectivity index (χ3n) is 5.22. The van der Waals surface area contributed by atoms with Crippen LogP contribution in [0.25, 0.3) is 0 Å². The van der Waals surface area contributed by atoms with Crippen molar-refractivity contribution in [1.82, 2.24) is 10.2 Å². The first-order valence-electron chi connectivity index (χ1n) is 10.1. The van der Waals surface area contributed by atoms with Crippen molar-refractivity contribution in [3.8, 4) is 17.2 Å². The number of carbonyl (C=O) groups excluding carboxylic acids is 1. The van der Waals surface area contributed by atoms with Crippen LogP contribution in [0.5, 0.6) is 17.2 Å². The Hall–Kier alpha value is -2.77. The molecule has 2 aromatic rings. The Bertz CT molecular complexity index is 822. The van der Waals surface area contributed by atoms with Gasteiger partial charge in [0, 0.05) is 25.2 Å². The molecule has 0 aromatic heterocycles. The summed E-state index contributed by atoms with van der Waals surface area (Å²) in [4.78, 5) is 15.3. The molecule has 0 unspecified atom stereocenters. The van der Waals surface area contributed by atoms with Crippen molar-refractivity contribution in [2.24, 2.45) is 0 Å². The molecule has 7 nitrogen and oxygen atoms in total. The molecule has 1 aliphatic heterocycles. The van der Waals surface area contributed by atoms with Gasteiger partial charge in [-0.05, 0) is 11.6 Å². The standard InChI is InChI=1S/C23H30N2O5/c1-27-20-10-9-18(22(28-2)23(20)29-3)15-21(26)24-19(17-7-5-4-6-8-17)16-25-11-13-30-14-12-25/h4-10,19H,11-16H2,1-3H3,(H,24,26)/t19-/m0/s1. The first-order chi connectivity index (χ1) is 14.7. The van der Waals surface area contributed by atoms with Crippen molar-refractivity contribution >= 4 is 5.91 Å². The average molecular weight is 415 g/mol. The SMILES string of the molecule is COc1ccc(CC(=O)N[C@@H](CN2CCOCC2)c2ccccc2)c(OC)c1OC. The van der Waals surface area contributed by atoms with E-state index in [4.69, 9.17) is 18.9 Å². The number of benzene rings is 2. The highest BCUT2D eigenvalue weighted by molar-refractivity contribution is 5.80. The number of nitrogens with zero attached hydrogens (tertiary/aromatic N) is 1. The number of nitrogens with one attached hydrogen (secondary N) is 1. The van der Waals surface area contributed by atoms with E-state index >= 15 is 0 Å². The summed E-state index contributed by atoms with van der Waals surface area (Å²) < 4.78 is 21.7. The van der Waals surface area contributed by atoms with Gasteiger partial charge in [0.05, 0.1) is 47.0 Å². The molecule has 0 spiro atoms. The number of hydrogen-bond donors (Lipinski definition) is 1. The summed E-state index contributed by atoms with van der Waals surface area (Å²) in [5, 5.41) is 3.20. The summed E-state index contributed by atoms with van der Waals surface area (Å²) >= 11 is 0. The van der Waals surface area contributed by atoms with Crippen LogP contribution in [-0.2, 0) is 16.0 Å². The summed E-state index contributed by atoms with van der Waals surface area (Å²) in [6, 6.07) is 13.6. The third-order valence-corrected chi connectivity index (χ3v) is 5.22. The van der Waals surface area contributed by atoms with Crippen LogP contribution in [0.3, 0.4) is 0 Å².